The molecule has 0 bridgehead atoms. The van der Waals surface area contributed by atoms with Crippen LogP contribution in [0.3, 0.4) is 0 Å². The van der Waals surface area contributed by atoms with Crippen LogP contribution in [0.4, 0.5) is 0 Å². The van der Waals surface area contributed by atoms with Crippen molar-refractivity contribution in [2.75, 3.05) is 20.2 Å². The Bertz CT molecular complexity index is 471. The number of carbonyl (C=O) groups excluding carboxylic acids is 2. The molecule has 0 aromatic carbocycles. The van der Waals surface area contributed by atoms with Crippen molar-refractivity contribution in [3.05, 3.63) is 22.4 Å². The average molecular weight is 345 g/mol. The van der Waals surface area contributed by atoms with E-state index >= 15 is 0 Å². The van der Waals surface area contributed by atoms with E-state index in [2.05, 4.69) is 27.6 Å². The van der Waals surface area contributed by atoms with Crippen LogP contribution in [0.5, 0.6) is 0 Å². The van der Waals surface area contributed by atoms with Crippen molar-refractivity contribution in [3.8, 4) is 0 Å². The lowest BCUT2D eigenvalue weighted by Crippen LogP contribution is -2.34. The lowest BCUT2D eigenvalue weighted by atomic mass is 10.3. The second-order valence-corrected chi connectivity index (χ2v) is 5.36. The van der Waals surface area contributed by atoms with Gasteiger partial charge in [0.25, 0.3) is 5.91 Å². The molecular weight excluding hydrogens is 324 g/mol. The molecule has 1 amide bonds. The molecule has 0 unspecified atom stereocenters. The fourth-order valence-electron chi connectivity index (χ4n) is 1.97. The Balaban J connectivity index is 2.82. The number of esters is 1. The summed E-state index contributed by atoms with van der Waals surface area (Å²) in [6, 6.07) is 1.82. The minimum absolute atomic E-state index is 0.0597. The Hall–Kier alpha value is -1.30. The van der Waals surface area contributed by atoms with Gasteiger partial charge in [-0.2, -0.15) is 0 Å². The van der Waals surface area contributed by atoms with Crippen molar-refractivity contribution in [2.24, 2.45) is 0 Å². The molecule has 5 nitrogen and oxygen atoms in total. The number of hydrogen-bond donors (Lipinski definition) is 0. The predicted octanol–water partition coefficient (Wildman–Crippen LogP) is 2.69. The summed E-state index contributed by atoms with van der Waals surface area (Å²) < 4.78 is 7.43. The molecule has 0 N–H and O–H groups in total. The van der Waals surface area contributed by atoms with Gasteiger partial charge in [0.15, 0.2) is 0 Å². The van der Waals surface area contributed by atoms with Crippen molar-refractivity contribution in [1.29, 1.82) is 0 Å². The second kappa shape index (κ2) is 8.09. The first kappa shape index (κ1) is 16.8. The number of rotatable bonds is 7. The van der Waals surface area contributed by atoms with E-state index in [1.165, 1.54) is 7.11 Å². The molecule has 1 rings (SSSR count). The molecule has 0 aliphatic heterocycles. The van der Waals surface area contributed by atoms with Crippen LogP contribution in [0.15, 0.2) is 16.7 Å². The van der Waals surface area contributed by atoms with E-state index in [1.54, 1.807) is 4.90 Å². The van der Waals surface area contributed by atoms with E-state index in [9.17, 15) is 9.59 Å². The minimum atomic E-state index is -0.304. The van der Waals surface area contributed by atoms with Gasteiger partial charge in [0, 0.05) is 30.3 Å². The van der Waals surface area contributed by atoms with Crippen LogP contribution < -0.4 is 0 Å². The normalized spacial score (nSPS) is 10.4. The summed E-state index contributed by atoms with van der Waals surface area (Å²) in [5.41, 5.74) is 0.644. The number of halogens is 1. The number of carbonyl (C=O) groups is 2. The number of methoxy groups -OCH3 is 1. The van der Waals surface area contributed by atoms with Gasteiger partial charge < -0.3 is 14.2 Å². The molecule has 0 aliphatic rings. The quantitative estimate of drug-likeness (QED) is 0.714. The highest BCUT2D eigenvalue weighted by atomic mass is 79.9. The summed E-state index contributed by atoms with van der Waals surface area (Å²) in [6.07, 6.45) is 3.08. The monoisotopic (exact) mass is 344 g/mol. The zero-order chi connectivity index (χ0) is 15.1. The Labute approximate surface area is 128 Å². The summed E-state index contributed by atoms with van der Waals surface area (Å²) in [5.74, 6) is -0.364. The second-order valence-electron chi connectivity index (χ2n) is 4.45. The third-order valence-corrected chi connectivity index (χ3v) is 3.46. The van der Waals surface area contributed by atoms with Gasteiger partial charge in [-0.3, -0.25) is 9.59 Å². The van der Waals surface area contributed by atoms with Crippen molar-refractivity contribution in [1.82, 2.24) is 9.47 Å². The highest BCUT2D eigenvalue weighted by molar-refractivity contribution is 9.10. The molecule has 0 aliphatic carbocycles. The van der Waals surface area contributed by atoms with Gasteiger partial charge in [0.1, 0.15) is 5.69 Å². The minimum Gasteiger partial charge on any atom is -0.469 e. The SMILES string of the molecule is CCCn1cc(Br)cc1C(=O)N(CC)CCC(=O)OC. The maximum Gasteiger partial charge on any atom is 0.307 e. The first-order valence-corrected chi connectivity index (χ1v) is 7.54. The lowest BCUT2D eigenvalue weighted by molar-refractivity contribution is -0.140. The van der Waals surface area contributed by atoms with Crippen LogP contribution in [0.25, 0.3) is 0 Å². The molecular formula is C14H21BrN2O3. The summed E-state index contributed by atoms with van der Waals surface area (Å²) in [7, 11) is 1.35. The van der Waals surface area contributed by atoms with Crippen LogP contribution in [-0.4, -0.2) is 41.5 Å². The first-order valence-electron chi connectivity index (χ1n) is 6.75. The Morgan fingerprint density at radius 3 is 2.65 bits per heavy atom. The summed E-state index contributed by atoms with van der Waals surface area (Å²) in [5, 5.41) is 0. The third kappa shape index (κ3) is 4.37. The maximum atomic E-state index is 12.5. The predicted molar refractivity (Wildman–Crippen MR) is 80.6 cm³/mol. The molecule has 0 atom stereocenters. The lowest BCUT2D eigenvalue weighted by Gasteiger charge is -2.21. The largest absolute Gasteiger partial charge is 0.469 e. The molecule has 1 heterocycles. The van der Waals surface area contributed by atoms with E-state index in [1.807, 2.05) is 23.8 Å². The number of amides is 1. The molecule has 1 aromatic heterocycles. The number of hydrogen-bond acceptors (Lipinski definition) is 3. The Morgan fingerprint density at radius 2 is 2.10 bits per heavy atom. The molecule has 0 spiro atoms. The highest BCUT2D eigenvalue weighted by Crippen LogP contribution is 2.17. The maximum absolute atomic E-state index is 12.5. The molecule has 0 radical (unpaired) electrons. The molecule has 1 aromatic rings. The van der Waals surface area contributed by atoms with Crippen LogP contribution in [0, 0.1) is 0 Å². The Morgan fingerprint density at radius 1 is 1.40 bits per heavy atom. The van der Waals surface area contributed by atoms with Gasteiger partial charge in [0.05, 0.1) is 13.5 Å². The molecule has 0 saturated carbocycles. The third-order valence-electron chi connectivity index (χ3n) is 3.03. The van der Waals surface area contributed by atoms with Gasteiger partial charge in [-0.15, -0.1) is 0 Å². The van der Waals surface area contributed by atoms with Crippen molar-refractivity contribution < 1.29 is 14.3 Å². The number of ether oxygens (including phenoxy) is 1. The smallest absolute Gasteiger partial charge is 0.307 e. The molecule has 0 fully saturated rings. The van der Waals surface area contributed by atoms with Gasteiger partial charge in [0.2, 0.25) is 0 Å². The molecule has 20 heavy (non-hydrogen) atoms. The van der Waals surface area contributed by atoms with E-state index < -0.39 is 0 Å². The van der Waals surface area contributed by atoms with E-state index in [0.29, 0.717) is 18.8 Å². The topological polar surface area (TPSA) is 51.5 Å². The standard InChI is InChI=1S/C14H21BrN2O3/c1-4-7-17-10-11(15)9-12(17)14(19)16(5-2)8-6-13(18)20-3/h9-10H,4-8H2,1-3H3. The highest BCUT2D eigenvalue weighted by Gasteiger charge is 2.19. The summed E-state index contributed by atoms with van der Waals surface area (Å²) >= 11 is 3.40. The fourth-order valence-corrected chi connectivity index (χ4v) is 2.44. The number of nitrogens with zero attached hydrogens (tertiary/aromatic N) is 2. The van der Waals surface area contributed by atoms with Gasteiger partial charge in [-0.1, -0.05) is 6.92 Å². The summed E-state index contributed by atoms with van der Waals surface area (Å²) in [6.45, 7) is 5.69. The van der Waals surface area contributed by atoms with E-state index in [4.69, 9.17) is 0 Å². The molecule has 6 heteroatoms. The van der Waals surface area contributed by atoms with Gasteiger partial charge in [-0.25, -0.2) is 0 Å². The van der Waals surface area contributed by atoms with Crippen LogP contribution in [0.1, 0.15) is 37.2 Å². The average Bonchev–Trinajstić information content (AvgIpc) is 2.80. The molecule has 0 saturated heterocycles. The van der Waals surface area contributed by atoms with Crippen LogP contribution in [-0.2, 0) is 16.1 Å². The summed E-state index contributed by atoms with van der Waals surface area (Å²) in [4.78, 5) is 25.4. The molecule has 112 valence electrons. The van der Waals surface area contributed by atoms with E-state index in [-0.39, 0.29) is 18.3 Å². The zero-order valence-electron chi connectivity index (χ0n) is 12.2. The van der Waals surface area contributed by atoms with Crippen molar-refractivity contribution in [3.63, 3.8) is 0 Å². The van der Waals surface area contributed by atoms with Crippen LogP contribution in [0.2, 0.25) is 0 Å². The van der Waals surface area contributed by atoms with Gasteiger partial charge >= 0.3 is 5.97 Å². The van der Waals surface area contributed by atoms with E-state index in [0.717, 1.165) is 17.4 Å². The van der Waals surface area contributed by atoms with Crippen molar-refractivity contribution in [2.45, 2.75) is 33.2 Å². The zero-order valence-corrected chi connectivity index (χ0v) is 13.8. The van der Waals surface area contributed by atoms with Crippen molar-refractivity contribution >= 4 is 27.8 Å². The van der Waals surface area contributed by atoms with Gasteiger partial charge in [-0.05, 0) is 35.3 Å². The number of aryl methyl sites for hydroxylation is 1. The Kier molecular flexibility index (Phi) is 6.78. The number of aromatic nitrogens is 1. The fraction of sp³-hybridized carbons (Fsp3) is 0.571. The first-order chi connectivity index (χ1) is 9.53. The van der Waals surface area contributed by atoms with Crippen LogP contribution >= 0.6 is 15.9 Å².